The second-order valence-corrected chi connectivity index (χ2v) is 10.6. The van der Waals surface area contributed by atoms with Gasteiger partial charge in [0.25, 0.3) is 5.91 Å². The SMILES string of the molecule is CC1S[C@@H]2C(NC(=O)CC3=CCCOC3)C(=O)N2C=C1C(=O)OCC(Cl)(Cl)Cl. The summed E-state index contributed by atoms with van der Waals surface area (Å²) in [5.41, 5.74) is 1.22. The zero-order valence-electron chi connectivity index (χ0n) is 15.0. The summed E-state index contributed by atoms with van der Waals surface area (Å²) in [5.74, 6) is -1.15. The van der Waals surface area contributed by atoms with E-state index < -0.39 is 15.8 Å². The van der Waals surface area contributed by atoms with E-state index in [2.05, 4.69) is 5.32 Å². The van der Waals surface area contributed by atoms with Gasteiger partial charge in [0.1, 0.15) is 18.0 Å². The summed E-state index contributed by atoms with van der Waals surface area (Å²) < 4.78 is 8.61. The van der Waals surface area contributed by atoms with E-state index in [1.807, 2.05) is 13.0 Å². The third kappa shape index (κ3) is 5.16. The zero-order valence-corrected chi connectivity index (χ0v) is 18.0. The van der Waals surface area contributed by atoms with Crippen molar-refractivity contribution >= 4 is 64.3 Å². The number of thioether (sulfide) groups is 1. The molecule has 0 aromatic rings. The maximum Gasteiger partial charge on any atom is 0.336 e. The van der Waals surface area contributed by atoms with Crippen LogP contribution in [0, 0.1) is 0 Å². The molecule has 0 aliphatic carbocycles. The number of esters is 1. The van der Waals surface area contributed by atoms with Gasteiger partial charge >= 0.3 is 5.97 Å². The number of rotatable bonds is 5. The fourth-order valence-corrected chi connectivity index (χ4v) is 4.57. The standard InChI is InChI=1S/C17H19Cl3N2O5S/c1-9-11(16(25)27-8-17(18,19)20)6-22-14(24)13(15(22)28-9)21-12(23)5-10-3-2-4-26-7-10/h3,6,9,13,15H,2,4-5,7-8H2,1H3,(H,21,23)/t9?,13?,15-/m1/s1. The molecule has 3 atom stereocenters. The van der Waals surface area contributed by atoms with Gasteiger partial charge in [0.2, 0.25) is 9.70 Å². The normalized spacial score (nSPS) is 27.2. The molecular weight excluding hydrogens is 451 g/mol. The molecule has 28 heavy (non-hydrogen) atoms. The number of β-lactam (4-membered cyclic amide) rings is 1. The van der Waals surface area contributed by atoms with E-state index in [1.165, 1.54) is 22.9 Å². The van der Waals surface area contributed by atoms with E-state index in [4.69, 9.17) is 44.3 Å². The number of ether oxygens (including phenoxy) is 2. The van der Waals surface area contributed by atoms with Crippen LogP contribution in [0.1, 0.15) is 19.8 Å². The highest BCUT2D eigenvalue weighted by Crippen LogP contribution is 2.41. The maximum atomic E-state index is 12.4. The zero-order chi connectivity index (χ0) is 20.5. The molecule has 1 N–H and O–H groups in total. The van der Waals surface area contributed by atoms with Crippen molar-refractivity contribution in [2.75, 3.05) is 19.8 Å². The summed E-state index contributed by atoms with van der Waals surface area (Å²) in [6, 6.07) is -0.625. The molecule has 2 amide bonds. The van der Waals surface area contributed by atoms with Gasteiger partial charge in [-0.2, -0.15) is 0 Å². The van der Waals surface area contributed by atoms with E-state index in [-0.39, 0.29) is 35.5 Å². The molecule has 1 saturated heterocycles. The van der Waals surface area contributed by atoms with Gasteiger partial charge in [-0.05, 0) is 18.9 Å². The van der Waals surface area contributed by atoms with Gasteiger partial charge in [0, 0.05) is 17.9 Å². The van der Waals surface area contributed by atoms with Crippen LogP contribution in [0.2, 0.25) is 0 Å². The summed E-state index contributed by atoms with van der Waals surface area (Å²) >= 11 is 18.2. The smallest absolute Gasteiger partial charge is 0.336 e. The predicted molar refractivity (Wildman–Crippen MR) is 107 cm³/mol. The first-order valence-corrected chi connectivity index (χ1v) is 10.7. The Morgan fingerprint density at radius 1 is 1.43 bits per heavy atom. The second kappa shape index (κ2) is 8.83. The topological polar surface area (TPSA) is 84.9 Å². The summed E-state index contributed by atoms with van der Waals surface area (Å²) in [6.45, 7) is 2.53. The van der Waals surface area contributed by atoms with Gasteiger partial charge in [-0.15, -0.1) is 11.8 Å². The predicted octanol–water partition coefficient (Wildman–Crippen LogP) is 2.31. The first-order valence-electron chi connectivity index (χ1n) is 8.64. The monoisotopic (exact) mass is 468 g/mol. The molecule has 7 nitrogen and oxygen atoms in total. The number of nitrogens with zero attached hydrogens (tertiary/aromatic N) is 1. The van der Waals surface area contributed by atoms with Crippen LogP contribution in [0.15, 0.2) is 23.4 Å². The minimum Gasteiger partial charge on any atom is -0.458 e. The molecule has 0 aromatic carbocycles. The van der Waals surface area contributed by atoms with Crippen LogP contribution in [0.5, 0.6) is 0 Å². The van der Waals surface area contributed by atoms with Crippen LogP contribution in [-0.2, 0) is 23.9 Å². The van der Waals surface area contributed by atoms with E-state index >= 15 is 0 Å². The van der Waals surface area contributed by atoms with Crippen molar-refractivity contribution in [2.24, 2.45) is 0 Å². The van der Waals surface area contributed by atoms with E-state index in [0.29, 0.717) is 18.8 Å². The van der Waals surface area contributed by atoms with Crippen LogP contribution in [0.3, 0.4) is 0 Å². The minimum absolute atomic E-state index is 0.209. The molecule has 154 valence electrons. The Hall–Kier alpha value is -0.930. The molecule has 3 heterocycles. The van der Waals surface area contributed by atoms with E-state index in [1.54, 1.807) is 0 Å². The summed E-state index contributed by atoms with van der Waals surface area (Å²) in [4.78, 5) is 38.3. The summed E-state index contributed by atoms with van der Waals surface area (Å²) in [6.07, 6.45) is 4.44. The number of amides is 2. The van der Waals surface area contributed by atoms with E-state index in [9.17, 15) is 14.4 Å². The number of carbonyl (C=O) groups is 3. The van der Waals surface area contributed by atoms with E-state index in [0.717, 1.165) is 12.0 Å². The van der Waals surface area contributed by atoms with Gasteiger partial charge in [0.15, 0.2) is 0 Å². The highest BCUT2D eigenvalue weighted by atomic mass is 35.6. The quantitative estimate of drug-likeness (QED) is 0.288. The molecule has 0 aromatic heterocycles. The average molecular weight is 470 g/mol. The Morgan fingerprint density at radius 2 is 2.18 bits per heavy atom. The largest absolute Gasteiger partial charge is 0.458 e. The van der Waals surface area contributed by atoms with Crippen LogP contribution in [-0.4, -0.2) is 63.0 Å². The number of hydrogen-bond donors (Lipinski definition) is 1. The fourth-order valence-electron chi connectivity index (χ4n) is 3.05. The lowest BCUT2D eigenvalue weighted by Crippen LogP contribution is -2.69. The number of alkyl halides is 3. The summed E-state index contributed by atoms with van der Waals surface area (Å²) in [5, 5.41) is 2.26. The van der Waals surface area contributed by atoms with Gasteiger partial charge in [-0.1, -0.05) is 40.9 Å². The van der Waals surface area contributed by atoms with Crippen LogP contribution >= 0.6 is 46.6 Å². The lowest BCUT2D eigenvalue weighted by atomic mass is 10.0. The highest BCUT2D eigenvalue weighted by Gasteiger charge is 2.51. The molecule has 0 bridgehead atoms. The minimum atomic E-state index is -1.70. The number of carbonyl (C=O) groups excluding carboxylic acids is 3. The first kappa shape index (κ1) is 21.8. The van der Waals surface area contributed by atoms with Gasteiger partial charge < -0.3 is 19.7 Å². The van der Waals surface area contributed by atoms with Gasteiger partial charge in [-0.3, -0.25) is 9.59 Å². The molecule has 0 saturated carbocycles. The van der Waals surface area contributed by atoms with Crippen molar-refractivity contribution in [3.05, 3.63) is 23.4 Å². The number of halogens is 3. The third-order valence-corrected chi connectivity index (χ3v) is 6.20. The molecule has 3 rings (SSSR count). The van der Waals surface area contributed by atoms with Crippen molar-refractivity contribution in [1.82, 2.24) is 10.2 Å². The highest BCUT2D eigenvalue weighted by molar-refractivity contribution is 8.00. The van der Waals surface area contributed by atoms with Crippen molar-refractivity contribution in [3.8, 4) is 0 Å². The number of hydrogen-bond acceptors (Lipinski definition) is 6. The lowest BCUT2D eigenvalue weighted by Gasteiger charge is -2.48. The average Bonchev–Trinajstić information content (AvgIpc) is 2.64. The molecule has 1 fully saturated rings. The third-order valence-electron chi connectivity index (χ3n) is 4.43. The Kier molecular flexibility index (Phi) is 6.87. The molecule has 11 heteroatoms. The molecular formula is C17H19Cl3N2O5S. The van der Waals surface area contributed by atoms with Crippen LogP contribution < -0.4 is 5.32 Å². The molecule has 3 aliphatic rings. The molecule has 0 spiro atoms. The summed E-state index contributed by atoms with van der Waals surface area (Å²) in [7, 11) is 0. The van der Waals surface area contributed by atoms with Crippen molar-refractivity contribution in [3.63, 3.8) is 0 Å². The Morgan fingerprint density at radius 3 is 2.82 bits per heavy atom. The van der Waals surface area contributed by atoms with Crippen molar-refractivity contribution in [2.45, 2.75) is 40.2 Å². The fraction of sp³-hybridized carbons (Fsp3) is 0.588. The van der Waals surface area contributed by atoms with Crippen LogP contribution in [0.25, 0.3) is 0 Å². The number of nitrogens with one attached hydrogen (secondary N) is 1. The Labute approximate surface area is 181 Å². The van der Waals surface area contributed by atoms with Gasteiger partial charge in [-0.25, -0.2) is 4.79 Å². The van der Waals surface area contributed by atoms with Crippen molar-refractivity contribution in [1.29, 1.82) is 0 Å². The molecule has 2 unspecified atom stereocenters. The Balaban J connectivity index is 1.58. The number of fused-ring (bicyclic) bond motifs is 1. The maximum absolute atomic E-state index is 12.4. The van der Waals surface area contributed by atoms with Gasteiger partial charge in [0.05, 0.1) is 18.8 Å². The second-order valence-electron chi connectivity index (χ2n) is 6.62. The lowest BCUT2D eigenvalue weighted by molar-refractivity contribution is -0.145. The molecule has 0 radical (unpaired) electrons. The first-order chi connectivity index (χ1) is 13.2. The van der Waals surface area contributed by atoms with Crippen LogP contribution in [0.4, 0.5) is 0 Å². The molecule has 3 aliphatic heterocycles. The Bertz CT molecular complexity index is 737. The van der Waals surface area contributed by atoms with Crippen molar-refractivity contribution < 1.29 is 23.9 Å².